The maximum Gasteiger partial charge on any atom is 0.337 e. The number of pyridine rings is 1. The summed E-state index contributed by atoms with van der Waals surface area (Å²) in [7, 11) is 0. The van der Waals surface area contributed by atoms with Crippen LogP contribution in [0, 0.1) is 0 Å². The summed E-state index contributed by atoms with van der Waals surface area (Å²) in [6.45, 7) is 0. The molecule has 13 heavy (non-hydrogen) atoms. The Bertz CT molecular complexity index is 473. The fraction of sp³-hybridized carbons (Fsp3) is 0. The number of nitrogen functional groups attached to an aromatic ring is 1. The van der Waals surface area contributed by atoms with Crippen LogP contribution in [0.2, 0.25) is 0 Å². The van der Waals surface area contributed by atoms with E-state index in [2.05, 4.69) is 0 Å². The van der Waals surface area contributed by atoms with Gasteiger partial charge in [-0.15, -0.1) is 0 Å². The molecular formula is C9H8N2O2. The van der Waals surface area contributed by atoms with Gasteiger partial charge in [-0.25, -0.2) is 4.79 Å². The molecule has 0 saturated carbocycles. The molecule has 0 radical (unpaired) electrons. The molecule has 2 rings (SSSR count). The number of carboxylic acid groups (broad SMARTS) is 1. The highest BCUT2D eigenvalue weighted by Crippen LogP contribution is 2.16. The van der Waals surface area contributed by atoms with E-state index in [0.717, 1.165) is 5.52 Å². The summed E-state index contributed by atoms with van der Waals surface area (Å²) in [5, 5.41) is 8.72. The number of nitrogens with two attached hydrogens (primary N) is 1. The van der Waals surface area contributed by atoms with E-state index in [-0.39, 0.29) is 5.56 Å². The van der Waals surface area contributed by atoms with Crippen LogP contribution in [-0.4, -0.2) is 15.5 Å². The zero-order valence-electron chi connectivity index (χ0n) is 6.77. The van der Waals surface area contributed by atoms with E-state index in [0.29, 0.717) is 5.69 Å². The van der Waals surface area contributed by atoms with Crippen LogP contribution in [0.1, 0.15) is 10.4 Å². The highest BCUT2D eigenvalue weighted by atomic mass is 16.4. The Labute approximate surface area is 74.2 Å². The molecule has 2 aromatic heterocycles. The van der Waals surface area contributed by atoms with Crippen molar-refractivity contribution in [2.45, 2.75) is 0 Å². The third-order valence-electron chi connectivity index (χ3n) is 1.91. The molecule has 0 saturated heterocycles. The van der Waals surface area contributed by atoms with Crippen molar-refractivity contribution in [2.75, 3.05) is 5.73 Å². The fourth-order valence-electron chi connectivity index (χ4n) is 1.28. The molecule has 66 valence electrons. The van der Waals surface area contributed by atoms with Gasteiger partial charge in [0.1, 0.15) is 0 Å². The van der Waals surface area contributed by atoms with Gasteiger partial charge in [-0.2, -0.15) is 0 Å². The lowest BCUT2D eigenvalue weighted by atomic mass is 10.3. The maximum atomic E-state index is 10.6. The van der Waals surface area contributed by atoms with E-state index in [4.69, 9.17) is 10.8 Å². The summed E-state index contributed by atoms with van der Waals surface area (Å²) in [6.07, 6.45) is 3.30. The lowest BCUT2D eigenvalue weighted by Gasteiger charge is -1.95. The summed E-state index contributed by atoms with van der Waals surface area (Å²) in [5.41, 5.74) is 7.20. The molecule has 0 bridgehead atoms. The molecule has 3 N–H and O–H groups in total. The summed E-state index contributed by atoms with van der Waals surface area (Å²) in [5.74, 6) is -0.942. The van der Waals surface area contributed by atoms with Crippen molar-refractivity contribution in [3.63, 3.8) is 0 Å². The van der Waals surface area contributed by atoms with Gasteiger partial charge in [-0.1, -0.05) is 0 Å². The van der Waals surface area contributed by atoms with Crippen LogP contribution < -0.4 is 5.73 Å². The quantitative estimate of drug-likeness (QED) is 0.686. The number of hydrogen-bond acceptors (Lipinski definition) is 2. The Kier molecular flexibility index (Phi) is 1.48. The minimum Gasteiger partial charge on any atom is -0.478 e. The molecule has 0 aromatic carbocycles. The highest BCUT2D eigenvalue weighted by molar-refractivity contribution is 5.91. The topological polar surface area (TPSA) is 67.7 Å². The monoisotopic (exact) mass is 176 g/mol. The predicted octanol–water partition coefficient (Wildman–Crippen LogP) is 1.22. The Morgan fingerprint density at radius 2 is 2.31 bits per heavy atom. The van der Waals surface area contributed by atoms with Gasteiger partial charge in [0.2, 0.25) is 0 Å². The average Bonchev–Trinajstić information content (AvgIpc) is 2.49. The SMILES string of the molecule is Nc1cccn2cc(C(=O)O)cc12. The fourth-order valence-corrected chi connectivity index (χ4v) is 1.28. The lowest BCUT2D eigenvalue weighted by Crippen LogP contribution is -1.91. The van der Waals surface area contributed by atoms with Crippen molar-refractivity contribution in [2.24, 2.45) is 0 Å². The number of fused-ring (bicyclic) bond motifs is 1. The van der Waals surface area contributed by atoms with Gasteiger partial charge in [0.25, 0.3) is 0 Å². The molecule has 0 unspecified atom stereocenters. The number of hydrogen-bond donors (Lipinski definition) is 2. The molecule has 0 atom stereocenters. The molecule has 0 fully saturated rings. The van der Waals surface area contributed by atoms with Crippen LogP contribution in [0.4, 0.5) is 5.69 Å². The Morgan fingerprint density at radius 1 is 1.54 bits per heavy atom. The van der Waals surface area contributed by atoms with E-state index in [1.54, 1.807) is 28.8 Å². The van der Waals surface area contributed by atoms with E-state index in [1.165, 1.54) is 6.20 Å². The van der Waals surface area contributed by atoms with Crippen molar-refractivity contribution < 1.29 is 9.90 Å². The second-order valence-corrected chi connectivity index (χ2v) is 2.79. The zero-order valence-corrected chi connectivity index (χ0v) is 6.77. The first-order valence-electron chi connectivity index (χ1n) is 3.78. The summed E-state index contributed by atoms with van der Waals surface area (Å²) in [4.78, 5) is 10.6. The summed E-state index contributed by atoms with van der Waals surface area (Å²) < 4.78 is 1.69. The van der Waals surface area contributed by atoms with E-state index in [9.17, 15) is 4.79 Å². The first kappa shape index (κ1) is 7.67. The van der Waals surface area contributed by atoms with E-state index < -0.39 is 5.97 Å². The third kappa shape index (κ3) is 1.12. The Morgan fingerprint density at radius 3 is 2.92 bits per heavy atom. The molecule has 2 heterocycles. The molecule has 0 amide bonds. The van der Waals surface area contributed by atoms with Gasteiger partial charge < -0.3 is 15.2 Å². The van der Waals surface area contributed by atoms with Crippen molar-refractivity contribution >= 4 is 17.2 Å². The Hall–Kier alpha value is -1.97. The maximum absolute atomic E-state index is 10.6. The van der Waals surface area contributed by atoms with Gasteiger partial charge in [0, 0.05) is 12.4 Å². The standard InChI is InChI=1S/C9H8N2O2/c10-7-2-1-3-11-5-6(9(12)13)4-8(7)11/h1-5H,10H2,(H,12,13). The highest BCUT2D eigenvalue weighted by Gasteiger charge is 2.07. The molecule has 0 aliphatic carbocycles. The number of rotatable bonds is 1. The van der Waals surface area contributed by atoms with Crippen molar-refractivity contribution in [3.05, 3.63) is 36.2 Å². The molecule has 4 heteroatoms. The molecule has 4 nitrogen and oxygen atoms in total. The van der Waals surface area contributed by atoms with E-state index >= 15 is 0 Å². The van der Waals surface area contributed by atoms with Gasteiger partial charge >= 0.3 is 5.97 Å². The first-order chi connectivity index (χ1) is 6.18. The largest absolute Gasteiger partial charge is 0.478 e. The number of anilines is 1. The smallest absolute Gasteiger partial charge is 0.337 e. The van der Waals surface area contributed by atoms with Gasteiger partial charge in [-0.3, -0.25) is 0 Å². The van der Waals surface area contributed by atoms with Crippen LogP contribution in [0.15, 0.2) is 30.6 Å². The molecule has 0 aliphatic heterocycles. The van der Waals surface area contributed by atoms with E-state index in [1.807, 2.05) is 0 Å². The average molecular weight is 176 g/mol. The number of aromatic carboxylic acids is 1. The normalized spacial score (nSPS) is 10.5. The molecular weight excluding hydrogens is 168 g/mol. The lowest BCUT2D eigenvalue weighted by molar-refractivity contribution is 0.0697. The van der Waals surface area contributed by atoms with Crippen molar-refractivity contribution in [3.8, 4) is 0 Å². The number of aromatic nitrogens is 1. The minimum absolute atomic E-state index is 0.248. The van der Waals surface area contributed by atoms with Crippen LogP contribution in [-0.2, 0) is 0 Å². The number of nitrogens with zero attached hydrogens (tertiary/aromatic N) is 1. The van der Waals surface area contributed by atoms with Gasteiger partial charge in [-0.05, 0) is 18.2 Å². The summed E-state index contributed by atoms with van der Waals surface area (Å²) >= 11 is 0. The van der Waals surface area contributed by atoms with Crippen molar-refractivity contribution in [1.82, 2.24) is 4.40 Å². The third-order valence-corrected chi connectivity index (χ3v) is 1.91. The zero-order chi connectivity index (χ0) is 9.42. The Balaban J connectivity index is 2.75. The van der Waals surface area contributed by atoms with Crippen LogP contribution in [0.5, 0.6) is 0 Å². The molecule has 0 aliphatic rings. The van der Waals surface area contributed by atoms with Crippen molar-refractivity contribution in [1.29, 1.82) is 0 Å². The second kappa shape index (κ2) is 2.52. The van der Waals surface area contributed by atoms with Crippen LogP contribution in [0.3, 0.4) is 0 Å². The summed E-state index contributed by atoms with van der Waals surface area (Å²) in [6, 6.07) is 5.06. The number of carbonyl (C=O) groups is 1. The van der Waals surface area contributed by atoms with Crippen LogP contribution in [0.25, 0.3) is 5.52 Å². The molecule has 2 aromatic rings. The van der Waals surface area contributed by atoms with Gasteiger partial charge in [0.05, 0.1) is 16.8 Å². The predicted molar refractivity (Wildman–Crippen MR) is 48.8 cm³/mol. The molecule has 0 spiro atoms. The minimum atomic E-state index is -0.942. The van der Waals surface area contributed by atoms with Gasteiger partial charge in [0.15, 0.2) is 0 Å². The second-order valence-electron chi connectivity index (χ2n) is 2.79. The van der Waals surface area contributed by atoms with Crippen LogP contribution >= 0.6 is 0 Å². The number of carboxylic acids is 1. The first-order valence-corrected chi connectivity index (χ1v) is 3.78.